The van der Waals surface area contributed by atoms with Gasteiger partial charge in [-0.3, -0.25) is 0 Å². The molecule has 3 heteroatoms. The zero-order chi connectivity index (χ0) is 12.4. The average Bonchev–Trinajstić information content (AvgIpc) is 3.05. The van der Waals surface area contributed by atoms with Gasteiger partial charge in [0.25, 0.3) is 0 Å². The van der Waals surface area contributed by atoms with Crippen molar-refractivity contribution in [3.05, 3.63) is 45.2 Å². The van der Waals surface area contributed by atoms with Crippen LogP contribution in [-0.4, -0.2) is 9.97 Å². The third-order valence-electron chi connectivity index (χ3n) is 3.64. The molecule has 2 aromatic rings. The first kappa shape index (κ1) is 11.8. The van der Waals surface area contributed by atoms with E-state index >= 15 is 0 Å². The van der Waals surface area contributed by atoms with Crippen molar-refractivity contribution in [1.29, 1.82) is 0 Å². The predicted octanol–water partition coefficient (Wildman–Crippen LogP) is 3.37. The molecule has 0 bridgehead atoms. The molecule has 2 aromatic heterocycles. The first-order valence-corrected chi connectivity index (χ1v) is 7.57. The topological polar surface area (TPSA) is 25.8 Å². The fraction of sp³-hybridized carbons (Fsp3) is 0.467. The molecule has 0 spiro atoms. The molecule has 0 aliphatic heterocycles. The van der Waals surface area contributed by atoms with E-state index in [1.165, 1.54) is 39.5 Å². The maximum Gasteiger partial charge on any atom is 0.115 e. The van der Waals surface area contributed by atoms with E-state index in [4.69, 9.17) is 0 Å². The molecule has 0 saturated carbocycles. The predicted molar refractivity (Wildman–Crippen MR) is 75.2 cm³/mol. The summed E-state index contributed by atoms with van der Waals surface area (Å²) in [7, 11) is 0. The lowest BCUT2D eigenvalue weighted by Gasteiger charge is -2.05. The summed E-state index contributed by atoms with van der Waals surface area (Å²) >= 11 is 1.94. The highest BCUT2D eigenvalue weighted by molar-refractivity contribution is 7.11. The van der Waals surface area contributed by atoms with Gasteiger partial charge in [0.2, 0.25) is 0 Å². The smallest absolute Gasteiger partial charge is 0.115 e. The number of hydrogen-bond acceptors (Lipinski definition) is 3. The number of hydrogen-bond donors (Lipinski definition) is 0. The Labute approximate surface area is 112 Å². The maximum absolute atomic E-state index is 4.49. The van der Waals surface area contributed by atoms with Gasteiger partial charge in [-0.25, -0.2) is 9.97 Å². The van der Waals surface area contributed by atoms with Gasteiger partial charge in [-0.15, -0.1) is 11.3 Å². The third-order valence-corrected chi connectivity index (χ3v) is 4.93. The Balaban J connectivity index is 1.72. The molecule has 1 aliphatic carbocycles. The van der Waals surface area contributed by atoms with E-state index in [1.807, 2.05) is 11.3 Å². The Hall–Kier alpha value is -1.22. The van der Waals surface area contributed by atoms with Gasteiger partial charge in [-0.2, -0.15) is 0 Å². The molecule has 3 rings (SSSR count). The minimum absolute atomic E-state index is 1.06. The number of aryl methyl sites for hydroxylation is 4. The Morgan fingerprint density at radius 2 is 2.00 bits per heavy atom. The summed E-state index contributed by atoms with van der Waals surface area (Å²) in [6.45, 7) is 2.22. The molecule has 0 aromatic carbocycles. The molecular weight excluding hydrogens is 240 g/mol. The summed E-state index contributed by atoms with van der Waals surface area (Å²) in [6.07, 6.45) is 8.64. The summed E-state index contributed by atoms with van der Waals surface area (Å²) in [6, 6.07) is 4.52. The molecule has 2 heterocycles. The van der Waals surface area contributed by atoms with Crippen LogP contribution in [0.5, 0.6) is 0 Å². The lowest BCUT2D eigenvalue weighted by atomic mass is 10.1. The zero-order valence-corrected chi connectivity index (χ0v) is 11.6. The fourth-order valence-corrected chi connectivity index (χ4v) is 3.59. The second-order valence-corrected chi connectivity index (χ2v) is 6.07. The number of aromatic nitrogens is 2. The Bertz CT molecular complexity index is 545. The SMILES string of the molecule is CCc1ccc(CCc2ncnc3c2CCC3)s1. The van der Waals surface area contributed by atoms with E-state index in [-0.39, 0.29) is 0 Å². The summed E-state index contributed by atoms with van der Waals surface area (Å²) in [5, 5.41) is 0. The van der Waals surface area contributed by atoms with Crippen molar-refractivity contribution in [2.45, 2.75) is 45.4 Å². The van der Waals surface area contributed by atoms with Crippen LogP contribution in [0, 0.1) is 0 Å². The van der Waals surface area contributed by atoms with Crippen molar-refractivity contribution in [2.75, 3.05) is 0 Å². The van der Waals surface area contributed by atoms with Gasteiger partial charge in [0, 0.05) is 21.1 Å². The second-order valence-electron chi connectivity index (χ2n) is 4.82. The van der Waals surface area contributed by atoms with E-state index in [0.717, 1.165) is 25.7 Å². The number of rotatable bonds is 4. The van der Waals surface area contributed by atoms with Crippen molar-refractivity contribution in [2.24, 2.45) is 0 Å². The van der Waals surface area contributed by atoms with Crippen molar-refractivity contribution in [1.82, 2.24) is 9.97 Å². The zero-order valence-electron chi connectivity index (χ0n) is 10.8. The van der Waals surface area contributed by atoms with Crippen LogP contribution in [0.1, 0.15) is 40.1 Å². The Morgan fingerprint density at radius 1 is 1.11 bits per heavy atom. The van der Waals surface area contributed by atoms with Crippen LogP contribution in [0.25, 0.3) is 0 Å². The maximum atomic E-state index is 4.49. The van der Waals surface area contributed by atoms with Gasteiger partial charge in [0.15, 0.2) is 0 Å². The quantitative estimate of drug-likeness (QED) is 0.840. The molecule has 0 atom stereocenters. The lowest BCUT2D eigenvalue weighted by Crippen LogP contribution is -2.01. The van der Waals surface area contributed by atoms with E-state index in [0.29, 0.717) is 0 Å². The summed E-state index contributed by atoms with van der Waals surface area (Å²) < 4.78 is 0. The number of fused-ring (bicyclic) bond motifs is 1. The van der Waals surface area contributed by atoms with Crippen LogP contribution in [0.4, 0.5) is 0 Å². The molecule has 0 saturated heterocycles. The van der Waals surface area contributed by atoms with E-state index in [2.05, 4.69) is 29.0 Å². The van der Waals surface area contributed by atoms with Crippen LogP contribution in [0.2, 0.25) is 0 Å². The van der Waals surface area contributed by atoms with Crippen molar-refractivity contribution in [3.8, 4) is 0 Å². The fourth-order valence-electron chi connectivity index (χ4n) is 2.63. The average molecular weight is 258 g/mol. The van der Waals surface area contributed by atoms with Gasteiger partial charge in [0.05, 0.1) is 0 Å². The summed E-state index contributed by atoms with van der Waals surface area (Å²) in [5.74, 6) is 0. The van der Waals surface area contributed by atoms with Gasteiger partial charge < -0.3 is 0 Å². The highest BCUT2D eigenvalue weighted by Gasteiger charge is 2.16. The van der Waals surface area contributed by atoms with Crippen LogP contribution in [-0.2, 0) is 32.1 Å². The number of thiophene rings is 1. The van der Waals surface area contributed by atoms with Crippen molar-refractivity contribution < 1.29 is 0 Å². The van der Waals surface area contributed by atoms with E-state index < -0.39 is 0 Å². The molecule has 2 nitrogen and oxygen atoms in total. The molecule has 0 radical (unpaired) electrons. The van der Waals surface area contributed by atoms with E-state index in [9.17, 15) is 0 Å². The van der Waals surface area contributed by atoms with Gasteiger partial charge >= 0.3 is 0 Å². The lowest BCUT2D eigenvalue weighted by molar-refractivity contribution is 0.873. The first-order valence-electron chi connectivity index (χ1n) is 6.76. The van der Waals surface area contributed by atoms with Crippen molar-refractivity contribution in [3.63, 3.8) is 0 Å². The largest absolute Gasteiger partial charge is 0.241 e. The van der Waals surface area contributed by atoms with Crippen LogP contribution in [0.15, 0.2) is 18.5 Å². The molecule has 0 N–H and O–H groups in total. The van der Waals surface area contributed by atoms with E-state index in [1.54, 1.807) is 6.33 Å². The molecule has 0 unspecified atom stereocenters. The van der Waals surface area contributed by atoms with Crippen LogP contribution < -0.4 is 0 Å². The second kappa shape index (κ2) is 5.19. The molecule has 1 aliphatic rings. The van der Waals surface area contributed by atoms with Crippen LogP contribution in [0.3, 0.4) is 0 Å². The van der Waals surface area contributed by atoms with Crippen LogP contribution >= 0.6 is 11.3 Å². The van der Waals surface area contributed by atoms with Gasteiger partial charge in [-0.1, -0.05) is 6.92 Å². The minimum Gasteiger partial charge on any atom is -0.241 e. The Morgan fingerprint density at radius 3 is 2.83 bits per heavy atom. The Kier molecular flexibility index (Phi) is 3.41. The minimum atomic E-state index is 1.06. The monoisotopic (exact) mass is 258 g/mol. The first-order chi connectivity index (χ1) is 8.86. The molecule has 94 valence electrons. The molecule has 0 amide bonds. The van der Waals surface area contributed by atoms with Gasteiger partial charge in [-0.05, 0) is 56.2 Å². The summed E-state index contributed by atoms with van der Waals surface area (Å²) in [4.78, 5) is 11.8. The normalized spacial score (nSPS) is 13.8. The standard InChI is InChI=1S/C15H18N2S/c1-2-11-6-7-12(18-11)8-9-15-13-4-3-5-14(13)16-10-17-15/h6-7,10H,2-5,8-9H2,1H3. The molecule has 0 fully saturated rings. The van der Waals surface area contributed by atoms with Crippen molar-refractivity contribution >= 4 is 11.3 Å². The summed E-state index contributed by atoms with van der Waals surface area (Å²) in [5.41, 5.74) is 4.01. The van der Waals surface area contributed by atoms with Gasteiger partial charge in [0.1, 0.15) is 6.33 Å². The number of nitrogens with zero attached hydrogens (tertiary/aromatic N) is 2. The highest BCUT2D eigenvalue weighted by atomic mass is 32.1. The molecular formula is C15H18N2S. The third kappa shape index (κ3) is 2.32. The highest BCUT2D eigenvalue weighted by Crippen LogP contribution is 2.24. The molecule has 18 heavy (non-hydrogen) atoms.